The lowest BCUT2D eigenvalue weighted by Crippen LogP contribution is -2.02. The van der Waals surface area contributed by atoms with Crippen LogP contribution in [0.4, 0.5) is 5.95 Å². The Kier molecular flexibility index (Phi) is 4.41. The van der Waals surface area contributed by atoms with Crippen molar-refractivity contribution in [1.82, 2.24) is 9.97 Å². The number of nitrogens with one attached hydrogen (secondary N) is 1. The van der Waals surface area contributed by atoms with E-state index in [4.69, 9.17) is 21.1 Å². The molecule has 1 heterocycles. The molecule has 0 bridgehead atoms. The molecule has 6 heteroatoms. The molecule has 0 radical (unpaired) electrons. The highest BCUT2D eigenvalue weighted by atomic mass is 35.5. The van der Waals surface area contributed by atoms with Gasteiger partial charge < -0.3 is 14.8 Å². The van der Waals surface area contributed by atoms with Crippen molar-refractivity contribution in [2.24, 2.45) is 0 Å². The molecular weight excluding hydrogens is 266 g/mol. The van der Waals surface area contributed by atoms with Gasteiger partial charge in [0.25, 0.3) is 0 Å². The summed E-state index contributed by atoms with van der Waals surface area (Å²) in [5.41, 5.74) is 0. The van der Waals surface area contributed by atoms with Crippen molar-refractivity contribution < 1.29 is 9.47 Å². The topological polar surface area (TPSA) is 56.3 Å². The highest BCUT2D eigenvalue weighted by Crippen LogP contribution is 2.28. The second-order valence-electron chi connectivity index (χ2n) is 3.65. The molecule has 2 rings (SSSR count). The third kappa shape index (κ3) is 3.48. The quantitative estimate of drug-likeness (QED) is 0.909. The first-order chi connectivity index (χ1) is 9.22. The molecule has 0 saturated heterocycles. The number of anilines is 1. The molecule has 5 nitrogen and oxygen atoms in total. The van der Waals surface area contributed by atoms with Gasteiger partial charge in [0.1, 0.15) is 16.5 Å². The lowest BCUT2D eigenvalue weighted by Gasteiger charge is -2.08. The minimum absolute atomic E-state index is 0.317. The zero-order chi connectivity index (χ0) is 13.7. The third-order valence-corrected chi connectivity index (χ3v) is 2.58. The number of methoxy groups -OCH3 is 1. The number of benzene rings is 1. The molecular formula is C13H14ClN3O2. The Labute approximate surface area is 116 Å². The minimum atomic E-state index is 0.317. The van der Waals surface area contributed by atoms with Gasteiger partial charge in [-0.15, -0.1) is 0 Å². The van der Waals surface area contributed by atoms with E-state index in [-0.39, 0.29) is 0 Å². The Hall–Kier alpha value is -2.01. The van der Waals surface area contributed by atoms with Crippen LogP contribution in [-0.4, -0.2) is 23.6 Å². The monoisotopic (exact) mass is 279 g/mol. The Balaban J connectivity index is 2.18. The fraction of sp³-hybridized carbons (Fsp3) is 0.231. The summed E-state index contributed by atoms with van der Waals surface area (Å²) < 4.78 is 10.7. The van der Waals surface area contributed by atoms with Crippen molar-refractivity contribution in [2.75, 3.05) is 19.0 Å². The van der Waals surface area contributed by atoms with Crippen LogP contribution in [0.2, 0.25) is 5.02 Å². The van der Waals surface area contributed by atoms with E-state index in [2.05, 4.69) is 15.3 Å². The second kappa shape index (κ2) is 6.24. The highest BCUT2D eigenvalue weighted by Gasteiger charge is 2.07. The van der Waals surface area contributed by atoms with Gasteiger partial charge in [-0.2, -0.15) is 4.98 Å². The van der Waals surface area contributed by atoms with Crippen LogP contribution in [0.15, 0.2) is 30.5 Å². The summed E-state index contributed by atoms with van der Waals surface area (Å²) in [5, 5.41) is 3.36. The molecule has 100 valence electrons. The number of nitrogens with zero attached hydrogens (tertiary/aromatic N) is 2. The van der Waals surface area contributed by atoms with Crippen molar-refractivity contribution in [3.63, 3.8) is 0 Å². The number of halogens is 1. The van der Waals surface area contributed by atoms with Crippen molar-refractivity contribution in [3.8, 4) is 17.4 Å². The van der Waals surface area contributed by atoms with Crippen LogP contribution in [0.1, 0.15) is 6.92 Å². The van der Waals surface area contributed by atoms with E-state index < -0.39 is 0 Å². The Morgan fingerprint density at radius 3 is 2.53 bits per heavy atom. The van der Waals surface area contributed by atoms with E-state index in [0.717, 1.165) is 12.3 Å². The summed E-state index contributed by atoms with van der Waals surface area (Å²) >= 11 is 6.00. The maximum atomic E-state index is 6.00. The molecule has 0 fully saturated rings. The first kappa shape index (κ1) is 13.4. The molecule has 1 aromatic heterocycles. The van der Waals surface area contributed by atoms with Crippen LogP contribution >= 0.6 is 11.6 Å². The summed E-state index contributed by atoms with van der Waals surface area (Å²) in [5.74, 6) is 2.19. The predicted molar refractivity (Wildman–Crippen MR) is 74.3 cm³/mol. The lowest BCUT2D eigenvalue weighted by atomic mass is 10.3. The largest absolute Gasteiger partial charge is 0.497 e. The summed E-state index contributed by atoms with van der Waals surface area (Å²) in [6.45, 7) is 2.69. The van der Waals surface area contributed by atoms with E-state index in [1.807, 2.05) is 6.92 Å². The number of hydrogen-bond donors (Lipinski definition) is 1. The molecule has 0 saturated carbocycles. The molecule has 0 spiro atoms. The van der Waals surface area contributed by atoms with Gasteiger partial charge in [-0.3, -0.25) is 0 Å². The molecule has 0 aliphatic rings. The Morgan fingerprint density at radius 2 is 1.89 bits per heavy atom. The van der Waals surface area contributed by atoms with Gasteiger partial charge in [-0.1, -0.05) is 11.6 Å². The van der Waals surface area contributed by atoms with Crippen molar-refractivity contribution in [1.29, 1.82) is 0 Å². The first-order valence-electron chi connectivity index (χ1n) is 5.81. The zero-order valence-corrected chi connectivity index (χ0v) is 11.4. The molecule has 19 heavy (non-hydrogen) atoms. The summed E-state index contributed by atoms with van der Waals surface area (Å²) in [7, 11) is 1.61. The van der Waals surface area contributed by atoms with Crippen LogP contribution in [0, 0.1) is 0 Å². The van der Waals surface area contributed by atoms with Crippen LogP contribution < -0.4 is 14.8 Å². The first-order valence-corrected chi connectivity index (χ1v) is 6.19. The van der Waals surface area contributed by atoms with E-state index in [1.54, 1.807) is 31.4 Å². The maximum Gasteiger partial charge on any atom is 0.243 e. The van der Waals surface area contributed by atoms with Gasteiger partial charge in [-0.05, 0) is 31.2 Å². The number of aromatic nitrogens is 2. The highest BCUT2D eigenvalue weighted by molar-refractivity contribution is 6.31. The van der Waals surface area contributed by atoms with E-state index in [9.17, 15) is 0 Å². The molecule has 0 unspecified atom stereocenters. The second-order valence-corrected chi connectivity index (χ2v) is 4.06. The average molecular weight is 280 g/mol. The van der Waals surface area contributed by atoms with Crippen LogP contribution in [0.25, 0.3) is 0 Å². The smallest absolute Gasteiger partial charge is 0.243 e. The van der Waals surface area contributed by atoms with Gasteiger partial charge in [0.2, 0.25) is 11.8 Å². The molecule has 2 aromatic rings. The molecule has 1 N–H and O–H groups in total. The van der Waals surface area contributed by atoms with Gasteiger partial charge >= 0.3 is 0 Å². The van der Waals surface area contributed by atoms with Gasteiger partial charge in [0.05, 0.1) is 13.3 Å². The summed E-state index contributed by atoms with van der Waals surface area (Å²) in [6, 6.07) is 7.17. The van der Waals surface area contributed by atoms with Crippen LogP contribution in [0.3, 0.4) is 0 Å². The molecule has 0 amide bonds. The molecule has 1 aromatic carbocycles. The SMILES string of the molecule is CCNc1ncc(Cl)c(Oc2ccc(OC)cc2)n1. The van der Waals surface area contributed by atoms with Crippen molar-refractivity contribution >= 4 is 17.5 Å². The molecule has 0 aliphatic carbocycles. The number of hydrogen-bond acceptors (Lipinski definition) is 5. The zero-order valence-electron chi connectivity index (χ0n) is 10.7. The predicted octanol–water partition coefficient (Wildman–Crippen LogP) is 3.36. The third-order valence-electron chi connectivity index (χ3n) is 2.32. The standard InChI is InChI=1S/C13H14ClN3O2/c1-3-15-13-16-8-11(14)12(17-13)19-10-6-4-9(18-2)5-7-10/h4-8H,3H2,1-2H3,(H,15,16,17). The van der Waals surface area contributed by atoms with Gasteiger partial charge in [-0.25, -0.2) is 4.98 Å². The number of ether oxygens (including phenoxy) is 2. The van der Waals surface area contributed by atoms with Crippen LogP contribution in [0.5, 0.6) is 17.4 Å². The normalized spacial score (nSPS) is 10.1. The van der Waals surface area contributed by atoms with E-state index >= 15 is 0 Å². The summed E-state index contributed by atoms with van der Waals surface area (Å²) in [4.78, 5) is 8.24. The van der Waals surface area contributed by atoms with Gasteiger partial charge in [0, 0.05) is 6.54 Å². The number of rotatable bonds is 5. The van der Waals surface area contributed by atoms with Crippen molar-refractivity contribution in [3.05, 3.63) is 35.5 Å². The fourth-order valence-electron chi connectivity index (χ4n) is 1.42. The average Bonchev–Trinajstić information content (AvgIpc) is 2.44. The van der Waals surface area contributed by atoms with Gasteiger partial charge in [0.15, 0.2) is 0 Å². The van der Waals surface area contributed by atoms with E-state index in [0.29, 0.717) is 22.6 Å². The summed E-state index contributed by atoms with van der Waals surface area (Å²) in [6.07, 6.45) is 1.51. The Morgan fingerprint density at radius 1 is 1.21 bits per heavy atom. The van der Waals surface area contributed by atoms with E-state index in [1.165, 1.54) is 6.20 Å². The van der Waals surface area contributed by atoms with Crippen LogP contribution in [-0.2, 0) is 0 Å². The Bertz CT molecular complexity index is 546. The molecule has 0 atom stereocenters. The molecule has 0 aliphatic heterocycles. The minimum Gasteiger partial charge on any atom is -0.497 e. The fourth-order valence-corrected chi connectivity index (χ4v) is 1.55. The maximum absolute atomic E-state index is 6.00. The lowest BCUT2D eigenvalue weighted by molar-refractivity contribution is 0.412. The van der Waals surface area contributed by atoms with Crippen molar-refractivity contribution in [2.45, 2.75) is 6.92 Å².